The molecule has 1 saturated carbocycles. The number of methoxy groups -OCH3 is 2. The molecule has 7 heteroatoms. The monoisotopic (exact) mass is 337 g/mol. The first-order valence-corrected chi connectivity index (χ1v) is 8.09. The van der Waals surface area contributed by atoms with E-state index in [0.717, 1.165) is 18.4 Å². The van der Waals surface area contributed by atoms with Crippen LogP contribution in [0.15, 0.2) is 17.2 Å². The zero-order valence-electron chi connectivity index (χ0n) is 13.5. The van der Waals surface area contributed by atoms with E-state index in [4.69, 9.17) is 21.7 Å². The highest BCUT2D eigenvalue weighted by atomic mass is 32.1. The molecule has 0 amide bonds. The number of aromatic hydroxyl groups is 1. The van der Waals surface area contributed by atoms with Crippen LogP contribution in [0.5, 0.6) is 17.2 Å². The molecular formula is C16H23N3O3S. The number of rotatable bonds is 5. The van der Waals surface area contributed by atoms with Crippen molar-refractivity contribution in [3.05, 3.63) is 17.7 Å². The normalized spacial score (nSPS) is 15.4. The maximum Gasteiger partial charge on any atom is 0.200 e. The second-order valence-corrected chi connectivity index (χ2v) is 5.86. The summed E-state index contributed by atoms with van der Waals surface area (Å²) in [7, 11) is 2.97. The molecule has 2 rings (SSSR count). The number of phenolic OH excluding ortho intramolecular Hbond substituents is 1. The number of phenols is 1. The van der Waals surface area contributed by atoms with Crippen LogP contribution in [0.2, 0.25) is 0 Å². The van der Waals surface area contributed by atoms with Gasteiger partial charge in [0, 0.05) is 11.6 Å². The fourth-order valence-electron chi connectivity index (χ4n) is 2.62. The number of nitrogens with zero attached hydrogens (tertiary/aromatic N) is 1. The number of nitrogens with one attached hydrogen (secondary N) is 2. The molecule has 0 aliphatic heterocycles. The molecule has 6 nitrogen and oxygen atoms in total. The average Bonchev–Trinajstić information content (AvgIpc) is 2.57. The third-order valence-electron chi connectivity index (χ3n) is 3.82. The van der Waals surface area contributed by atoms with Gasteiger partial charge in [-0.25, -0.2) is 0 Å². The first-order valence-electron chi connectivity index (χ1n) is 7.68. The molecule has 0 atom stereocenters. The summed E-state index contributed by atoms with van der Waals surface area (Å²) in [4.78, 5) is 0. The van der Waals surface area contributed by atoms with Crippen molar-refractivity contribution in [2.24, 2.45) is 5.10 Å². The molecule has 0 radical (unpaired) electrons. The number of hydrazone groups is 1. The largest absolute Gasteiger partial charge is 0.502 e. The summed E-state index contributed by atoms with van der Waals surface area (Å²) in [5, 5.41) is 17.8. The van der Waals surface area contributed by atoms with Gasteiger partial charge in [-0.2, -0.15) is 5.10 Å². The smallest absolute Gasteiger partial charge is 0.200 e. The highest BCUT2D eigenvalue weighted by Crippen LogP contribution is 2.36. The lowest BCUT2D eigenvalue weighted by molar-refractivity contribution is 0.340. The molecule has 1 fully saturated rings. The number of benzene rings is 1. The first kappa shape index (κ1) is 17.3. The Morgan fingerprint density at radius 1 is 1.22 bits per heavy atom. The third kappa shape index (κ3) is 4.99. The number of hydrogen-bond acceptors (Lipinski definition) is 5. The highest BCUT2D eigenvalue weighted by Gasteiger charge is 2.13. The molecule has 23 heavy (non-hydrogen) atoms. The van der Waals surface area contributed by atoms with Crippen LogP contribution < -0.4 is 20.2 Å². The third-order valence-corrected chi connectivity index (χ3v) is 4.03. The lowest BCUT2D eigenvalue weighted by Gasteiger charge is -2.23. The molecular weight excluding hydrogens is 314 g/mol. The SMILES string of the molecule is COc1cc(/C=N/NC(=S)NC2CCCCC2)cc(OC)c1O. The predicted octanol–water partition coefficient (Wildman–Crippen LogP) is 2.54. The molecule has 0 saturated heterocycles. The van der Waals surface area contributed by atoms with E-state index in [9.17, 15) is 5.11 Å². The maximum absolute atomic E-state index is 9.87. The first-order chi connectivity index (χ1) is 11.1. The molecule has 0 heterocycles. The van der Waals surface area contributed by atoms with Crippen molar-refractivity contribution < 1.29 is 14.6 Å². The zero-order chi connectivity index (χ0) is 16.7. The van der Waals surface area contributed by atoms with E-state index >= 15 is 0 Å². The topological polar surface area (TPSA) is 75.1 Å². The van der Waals surface area contributed by atoms with E-state index < -0.39 is 0 Å². The van der Waals surface area contributed by atoms with Crippen LogP contribution in [-0.4, -0.2) is 36.7 Å². The van der Waals surface area contributed by atoms with Gasteiger partial charge >= 0.3 is 0 Å². The van der Waals surface area contributed by atoms with Crippen LogP contribution in [0.25, 0.3) is 0 Å². The van der Waals surface area contributed by atoms with E-state index in [-0.39, 0.29) is 5.75 Å². The van der Waals surface area contributed by atoms with E-state index in [0.29, 0.717) is 22.7 Å². The van der Waals surface area contributed by atoms with Crippen LogP contribution in [-0.2, 0) is 0 Å². The van der Waals surface area contributed by atoms with Crippen molar-refractivity contribution in [3.63, 3.8) is 0 Å². The second kappa shape index (κ2) is 8.57. The summed E-state index contributed by atoms with van der Waals surface area (Å²) in [6.45, 7) is 0. The number of thiocarbonyl (C=S) groups is 1. The maximum atomic E-state index is 9.87. The second-order valence-electron chi connectivity index (χ2n) is 5.45. The molecule has 1 aromatic rings. The Bertz CT molecular complexity index is 547. The Kier molecular flexibility index (Phi) is 6.46. The Morgan fingerprint density at radius 2 is 1.83 bits per heavy atom. The fourth-order valence-corrected chi connectivity index (χ4v) is 2.84. The molecule has 126 valence electrons. The van der Waals surface area contributed by atoms with Crippen LogP contribution >= 0.6 is 12.2 Å². The van der Waals surface area contributed by atoms with Crippen molar-refractivity contribution in [3.8, 4) is 17.2 Å². The summed E-state index contributed by atoms with van der Waals surface area (Å²) in [6.07, 6.45) is 7.70. The van der Waals surface area contributed by atoms with Gasteiger partial charge in [0.2, 0.25) is 5.75 Å². The van der Waals surface area contributed by atoms with Crippen molar-refractivity contribution >= 4 is 23.5 Å². The van der Waals surface area contributed by atoms with Gasteiger partial charge < -0.3 is 19.9 Å². The quantitative estimate of drug-likeness (QED) is 0.435. The standard InChI is InChI=1S/C16H23N3O3S/c1-21-13-8-11(9-14(22-2)15(13)20)10-17-19-16(23)18-12-6-4-3-5-7-12/h8-10,12,20H,3-7H2,1-2H3,(H2,18,19,23)/b17-10+. The van der Waals surface area contributed by atoms with Gasteiger partial charge in [-0.15, -0.1) is 0 Å². The minimum Gasteiger partial charge on any atom is -0.502 e. The van der Waals surface area contributed by atoms with Crippen LogP contribution in [0, 0.1) is 0 Å². The van der Waals surface area contributed by atoms with Gasteiger partial charge in [-0.3, -0.25) is 5.43 Å². The summed E-state index contributed by atoms with van der Waals surface area (Å²) in [5.74, 6) is 0.622. The molecule has 1 aliphatic carbocycles. The van der Waals surface area contributed by atoms with Crippen LogP contribution in [0.4, 0.5) is 0 Å². The highest BCUT2D eigenvalue weighted by molar-refractivity contribution is 7.80. The van der Waals surface area contributed by atoms with E-state index in [1.165, 1.54) is 33.5 Å². The molecule has 0 unspecified atom stereocenters. The van der Waals surface area contributed by atoms with Gasteiger partial charge in [0.05, 0.1) is 20.4 Å². The fraction of sp³-hybridized carbons (Fsp3) is 0.500. The van der Waals surface area contributed by atoms with E-state index in [1.807, 2.05) is 0 Å². The minimum absolute atomic E-state index is 0.0328. The summed E-state index contributed by atoms with van der Waals surface area (Å²) < 4.78 is 10.2. The van der Waals surface area contributed by atoms with Gasteiger partial charge in [-0.1, -0.05) is 19.3 Å². The Labute approximate surface area is 141 Å². The average molecular weight is 337 g/mol. The minimum atomic E-state index is -0.0328. The molecule has 0 aromatic heterocycles. The van der Waals surface area contributed by atoms with Crippen molar-refractivity contribution in [1.82, 2.24) is 10.7 Å². The Morgan fingerprint density at radius 3 is 2.39 bits per heavy atom. The predicted molar refractivity (Wildman–Crippen MR) is 94.5 cm³/mol. The van der Waals surface area contributed by atoms with E-state index in [1.54, 1.807) is 18.3 Å². The van der Waals surface area contributed by atoms with Crippen molar-refractivity contribution in [2.45, 2.75) is 38.1 Å². The lowest BCUT2D eigenvalue weighted by Crippen LogP contribution is -2.40. The number of ether oxygens (including phenoxy) is 2. The van der Waals surface area contributed by atoms with Gasteiger partial charge in [0.25, 0.3) is 0 Å². The molecule has 3 N–H and O–H groups in total. The van der Waals surface area contributed by atoms with Gasteiger partial charge in [0.15, 0.2) is 16.6 Å². The molecule has 1 aromatic carbocycles. The van der Waals surface area contributed by atoms with Crippen molar-refractivity contribution in [1.29, 1.82) is 0 Å². The lowest BCUT2D eigenvalue weighted by atomic mass is 9.96. The molecule has 0 spiro atoms. The molecule has 1 aliphatic rings. The van der Waals surface area contributed by atoms with E-state index in [2.05, 4.69) is 15.8 Å². The van der Waals surface area contributed by atoms with Crippen LogP contribution in [0.1, 0.15) is 37.7 Å². The number of hydrogen-bond donors (Lipinski definition) is 3. The summed E-state index contributed by atoms with van der Waals surface area (Å²) >= 11 is 5.24. The molecule has 0 bridgehead atoms. The Hall–Kier alpha value is -2.02. The van der Waals surface area contributed by atoms with Crippen molar-refractivity contribution in [2.75, 3.05) is 14.2 Å². The Balaban J connectivity index is 1.93. The van der Waals surface area contributed by atoms with Gasteiger partial charge in [0.1, 0.15) is 0 Å². The zero-order valence-corrected chi connectivity index (χ0v) is 14.3. The summed E-state index contributed by atoms with van der Waals surface area (Å²) in [5.41, 5.74) is 3.54. The van der Waals surface area contributed by atoms with Gasteiger partial charge in [-0.05, 0) is 37.2 Å². The summed E-state index contributed by atoms with van der Waals surface area (Å²) in [6, 6.07) is 3.77. The van der Waals surface area contributed by atoms with Crippen LogP contribution in [0.3, 0.4) is 0 Å².